The van der Waals surface area contributed by atoms with Crippen molar-refractivity contribution < 1.29 is 0 Å². The van der Waals surface area contributed by atoms with Crippen molar-refractivity contribution in [3.8, 4) is 6.07 Å². The van der Waals surface area contributed by atoms with Crippen LogP contribution in [0.25, 0.3) is 0 Å². The molecule has 0 aliphatic carbocycles. The smallest absolute Gasteiger partial charge is 0.103 e. The van der Waals surface area contributed by atoms with Gasteiger partial charge in [0.1, 0.15) is 5.54 Å². The average molecular weight is 312 g/mol. The van der Waals surface area contributed by atoms with Gasteiger partial charge in [0.25, 0.3) is 0 Å². The van der Waals surface area contributed by atoms with E-state index >= 15 is 0 Å². The van der Waals surface area contributed by atoms with Gasteiger partial charge in [0.05, 0.1) is 6.07 Å². The highest BCUT2D eigenvalue weighted by Crippen LogP contribution is 2.23. The molecule has 0 spiro atoms. The molecular formula is C15H19Cl2N3. The molecule has 0 N–H and O–H groups in total. The summed E-state index contributed by atoms with van der Waals surface area (Å²) in [5.41, 5.74) is 0.716. The van der Waals surface area contributed by atoms with Crippen molar-refractivity contribution in [2.45, 2.75) is 25.9 Å². The van der Waals surface area contributed by atoms with Crippen molar-refractivity contribution in [2.75, 3.05) is 26.2 Å². The molecule has 2 rings (SSSR count). The van der Waals surface area contributed by atoms with Gasteiger partial charge in [-0.25, -0.2) is 0 Å². The average Bonchev–Trinajstić information content (AvgIpc) is 2.42. The molecule has 108 valence electrons. The molecule has 1 saturated heterocycles. The second kappa shape index (κ2) is 6.32. The second-order valence-electron chi connectivity index (χ2n) is 5.67. The Balaban J connectivity index is 1.93. The summed E-state index contributed by atoms with van der Waals surface area (Å²) in [5, 5.41) is 10.6. The van der Waals surface area contributed by atoms with Gasteiger partial charge >= 0.3 is 0 Å². The minimum absolute atomic E-state index is 0.385. The van der Waals surface area contributed by atoms with Crippen LogP contribution in [0.5, 0.6) is 0 Å². The summed E-state index contributed by atoms with van der Waals surface area (Å²) in [6.45, 7) is 8.49. The van der Waals surface area contributed by atoms with Crippen LogP contribution >= 0.6 is 23.2 Å². The van der Waals surface area contributed by atoms with E-state index in [-0.39, 0.29) is 5.54 Å². The largest absolute Gasteiger partial charge is 0.296 e. The molecule has 1 fully saturated rings. The fraction of sp³-hybridized carbons (Fsp3) is 0.533. The van der Waals surface area contributed by atoms with Gasteiger partial charge in [-0.05, 0) is 31.5 Å². The zero-order valence-electron chi connectivity index (χ0n) is 11.9. The fourth-order valence-electron chi connectivity index (χ4n) is 2.43. The van der Waals surface area contributed by atoms with Gasteiger partial charge in [0.15, 0.2) is 0 Å². The lowest BCUT2D eigenvalue weighted by Crippen LogP contribution is -2.53. The molecule has 0 atom stereocenters. The lowest BCUT2D eigenvalue weighted by molar-refractivity contribution is 0.0764. The predicted molar refractivity (Wildman–Crippen MR) is 83.0 cm³/mol. The monoisotopic (exact) mass is 311 g/mol. The van der Waals surface area contributed by atoms with Crippen molar-refractivity contribution in [1.82, 2.24) is 9.80 Å². The van der Waals surface area contributed by atoms with Gasteiger partial charge in [0, 0.05) is 42.8 Å². The van der Waals surface area contributed by atoms with Gasteiger partial charge in [-0.3, -0.25) is 9.80 Å². The molecule has 1 aromatic carbocycles. The Labute approximate surface area is 130 Å². The van der Waals surface area contributed by atoms with Gasteiger partial charge < -0.3 is 0 Å². The molecule has 5 heteroatoms. The number of nitriles is 1. The Morgan fingerprint density at radius 1 is 1.20 bits per heavy atom. The van der Waals surface area contributed by atoms with Gasteiger partial charge in [-0.2, -0.15) is 5.26 Å². The van der Waals surface area contributed by atoms with Crippen LogP contribution < -0.4 is 0 Å². The van der Waals surface area contributed by atoms with Crippen LogP contribution in [0.2, 0.25) is 10.0 Å². The van der Waals surface area contributed by atoms with Crippen LogP contribution in [-0.2, 0) is 6.54 Å². The van der Waals surface area contributed by atoms with E-state index in [0.717, 1.165) is 43.3 Å². The number of hydrogen-bond acceptors (Lipinski definition) is 3. The minimum atomic E-state index is -0.385. The van der Waals surface area contributed by atoms with Gasteiger partial charge in [0.2, 0.25) is 0 Å². The number of piperazine rings is 1. The molecule has 1 aromatic rings. The maximum Gasteiger partial charge on any atom is 0.103 e. The number of hydrogen-bond donors (Lipinski definition) is 0. The Morgan fingerprint density at radius 3 is 2.40 bits per heavy atom. The van der Waals surface area contributed by atoms with E-state index in [4.69, 9.17) is 23.2 Å². The third kappa shape index (κ3) is 3.65. The Morgan fingerprint density at radius 2 is 1.85 bits per heavy atom. The molecule has 0 bridgehead atoms. The molecule has 0 saturated carbocycles. The summed E-state index contributed by atoms with van der Waals surface area (Å²) in [6.07, 6.45) is 0. The molecule has 1 heterocycles. The molecule has 0 radical (unpaired) electrons. The molecule has 3 nitrogen and oxygen atoms in total. The first kappa shape index (κ1) is 15.6. The predicted octanol–water partition coefficient (Wildman–Crippen LogP) is 3.41. The number of nitrogens with zero attached hydrogens (tertiary/aromatic N) is 3. The molecule has 0 aromatic heterocycles. The van der Waals surface area contributed by atoms with Crippen LogP contribution in [0.4, 0.5) is 0 Å². The van der Waals surface area contributed by atoms with Crippen molar-refractivity contribution in [3.63, 3.8) is 0 Å². The summed E-state index contributed by atoms with van der Waals surface area (Å²) < 4.78 is 0. The first-order chi connectivity index (χ1) is 9.42. The lowest BCUT2D eigenvalue weighted by atomic mass is 10.0. The summed E-state index contributed by atoms with van der Waals surface area (Å²) in [5.74, 6) is 0. The number of benzene rings is 1. The quantitative estimate of drug-likeness (QED) is 0.857. The Hall–Kier alpha value is -0.790. The molecule has 0 unspecified atom stereocenters. The highest BCUT2D eigenvalue weighted by atomic mass is 35.5. The molecule has 1 aliphatic heterocycles. The molecule has 20 heavy (non-hydrogen) atoms. The van der Waals surface area contributed by atoms with E-state index in [1.807, 2.05) is 26.0 Å². The topological polar surface area (TPSA) is 30.3 Å². The van der Waals surface area contributed by atoms with Crippen LogP contribution in [0.15, 0.2) is 18.2 Å². The third-order valence-electron chi connectivity index (χ3n) is 3.85. The third-order valence-corrected chi connectivity index (χ3v) is 4.43. The van der Waals surface area contributed by atoms with Crippen LogP contribution in [0, 0.1) is 11.3 Å². The molecular weight excluding hydrogens is 293 g/mol. The maximum absolute atomic E-state index is 9.17. The van der Waals surface area contributed by atoms with E-state index < -0.39 is 0 Å². The zero-order valence-corrected chi connectivity index (χ0v) is 13.4. The summed E-state index contributed by atoms with van der Waals surface area (Å²) in [7, 11) is 0. The highest BCUT2D eigenvalue weighted by Gasteiger charge is 2.29. The van der Waals surface area contributed by atoms with Crippen LogP contribution in [-0.4, -0.2) is 41.5 Å². The zero-order chi connectivity index (χ0) is 14.8. The van der Waals surface area contributed by atoms with E-state index in [1.165, 1.54) is 0 Å². The highest BCUT2D eigenvalue weighted by molar-refractivity contribution is 6.35. The lowest BCUT2D eigenvalue weighted by Gasteiger charge is -2.40. The van der Waals surface area contributed by atoms with Crippen LogP contribution in [0.1, 0.15) is 19.4 Å². The van der Waals surface area contributed by atoms with E-state index in [0.29, 0.717) is 5.02 Å². The van der Waals surface area contributed by atoms with Crippen molar-refractivity contribution >= 4 is 23.2 Å². The first-order valence-electron chi connectivity index (χ1n) is 6.75. The normalized spacial score (nSPS) is 17.9. The van der Waals surface area contributed by atoms with Crippen LogP contribution in [0.3, 0.4) is 0 Å². The minimum Gasteiger partial charge on any atom is -0.296 e. The fourth-order valence-corrected chi connectivity index (χ4v) is 2.89. The Bertz CT molecular complexity index is 514. The van der Waals surface area contributed by atoms with E-state index in [2.05, 4.69) is 15.9 Å². The first-order valence-corrected chi connectivity index (χ1v) is 7.50. The van der Waals surface area contributed by atoms with E-state index in [9.17, 15) is 5.26 Å². The standard InChI is InChI=1S/C15H19Cl2N3/c1-15(2,11-18)20-7-5-19(6-8-20)10-12-3-4-13(16)9-14(12)17/h3-4,9H,5-8,10H2,1-2H3. The van der Waals surface area contributed by atoms with Crippen molar-refractivity contribution in [2.24, 2.45) is 0 Å². The van der Waals surface area contributed by atoms with E-state index in [1.54, 1.807) is 6.07 Å². The number of rotatable bonds is 3. The SMILES string of the molecule is CC(C)(C#N)N1CCN(Cc2ccc(Cl)cc2Cl)CC1. The summed E-state index contributed by atoms with van der Waals surface area (Å²) in [4.78, 5) is 4.59. The maximum atomic E-state index is 9.17. The second-order valence-corrected chi connectivity index (χ2v) is 6.51. The van der Waals surface area contributed by atoms with Crippen molar-refractivity contribution in [1.29, 1.82) is 5.26 Å². The molecule has 0 amide bonds. The summed E-state index contributed by atoms with van der Waals surface area (Å²) in [6, 6.07) is 8.00. The van der Waals surface area contributed by atoms with Gasteiger partial charge in [-0.1, -0.05) is 29.3 Å². The summed E-state index contributed by atoms with van der Waals surface area (Å²) >= 11 is 12.1. The van der Waals surface area contributed by atoms with Crippen molar-refractivity contribution in [3.05, 3.63) is 33.8 Å². The van der Waals surface area contributed by atoms with Gasteiger partial charge in [-0.15, -0.1) is 0 Å². The molecule has 1 aliphatic rings. The Kier molecular flexibility index (Phi) is 4.93. The number of halogens is 2.